The van der Waals surface area contributed by atoms with E-state index in [1.54, 1.807) is 18.2 Å². The molecule has 2 rings (SSSR count). The summed E-state index contributed by atoms with van der Waals surface area (Å²) in [7, 11) is -0.443. The highest BCUT2D eigenvalue weighted by Gasteiger charge is 2.25. The van der Waals surface area contributed by atoms with Crippen LogP contribution in [0.5, 0.6) is 11.5 Å². The van der Waals surface area contributed by atoms with Gasteiger partial charge in [-0.2, -0.15) is 0 Å². The van der Waals surface area contributed by atoms with Gasteiger partial charge in [-0.15, -0.1) is 0 Å². The molecule has 0 aromatic heterocycles. The molecule has 0 saturated heterocycles. The molecule has 2 N–H and O–H groups in total. The van der Waals surface area contributed by atoms with Gasteiger partial charge in [-0.3, -0.25) is 4.79 Å². The summed E-state index contributed by atoms with van der Waals surface area (Å²) in [5, 5.41) is 2.64. The second-order valence-electron chi connectivity index (χ2n) is 6.63. The normalized spacial score (nSPS) is 20.4. The van der Waals surface area contributed by atoms with Gasteiger partial charge in [0.25, 0.3) is 5.91 Å². The molecule has 0 bridgehead atoms. The van der Waals surface area contributed by atoms with Gasteiger partial charge < -0.3 is 14.8 Å². The largest absolute Gasteiger partial charge is 0.497 e. The number of hydrogen-bond donors (Lipinski definition) is 2. The molecular weight excluding hydrogens is 356 g/mol. The first-order valence-corrected chi connectivity index (χ1v) is 10.5. The summed E-state index contributed by atoms with van der Waals surface area (Å²) >= 11 is 0. The van der Waals surface area contributed by atoms with Gasteiger partial charge in [0.05, 0.1) is 25.5 Å². The van der Waals surface area contributed by atoms with Crippen LogP contribution in [0.25, 0.3) is 0 Å². The Bertz CT molecular complexity index is 720. The van der Waals surface area contributed by atoms with Crippen molar-refractivity contribution in [2.75, 3.05) is 26.5 Å². The van der Waals surface area contributed by atoms with Crippen molar-refractivity contribution in [2.24, 2.45) is 5.92 Å². The average molecular weight is 384 g/mol. The fourth-order valence-corrected chi connectivity index (χ4v) is 4.46. The van der Waals surface area contributed by atoms with E-state index in [0.717, 1.165) is 25.7 Å². The van der Waals surface area contributed by atoms with Gasteiger partial charge in [0.1, 0.15) is 11.5 Å². The zero-order chi connectivity index (χ0) is 19.2. The quantitative estimate of drug-likeness (QED) is 0.714. The molecule has 1 aliphatic rings. The third-order valence-electron chi connectivity index (χ3n) is 4.75. The number of amides is 1. The summed E-state index contributed by atoms with van der Waals surface area (Å²) in [6.07, 6.45) is 4.11. The number of sulfonamides is 1. The molecule has 1 aliphatic carbocycles. The van der Waals surface area contributed by atoms with Gasteiger partial charge in [-0.05, 0) is 30.9 Å². The third kappa shape index (κ3) is 5.60. The van der Waals surface area contributed by atoms with E-state index in [1.165, 1.54) is 14.2 Å². The number of carbonyl (C=O) groups excluding carboxylic acids is 1. The molecule has 1 aromatic carbocycles. The van der Waals surface area contributed by atoms with Crippen LogP contribution in [0.3, 0.4) is 0 Å². The monoisotopic (exact) mass is 384 g/mol. The summed E-state index contributed by atoms with van der Waals surface area (Å²) in [5.74, 6) is 0.758. The van der Waals surface area contributed by atoms with Crippen molar-refractivity contribution in [1.82, 2.24) is 10.0 Å². The van der Waals surface area contributed by atoms with Crippen molar-refractivity contribution in [1.29, 1.82) is 0 Å². The van der Waals surface area contributed by atoms with Gasteiger partial charge >= 0.3 is 0 Å². The SMILES string of the molecule is COc1ccc(C(=O)NCCS(=O)(=O)N[C@@H]2CCCC[C@@H]2C)c(OC)c1. The smallest absolute Gasteiger partial charge is 0.255 e. The van der Waals surface area contributed by atoms with Gasteiger partial charge in [-0.1, -0.05) is 19.8 Å². The van der Waals surface area contributed by atoms with E-state index >= 15 is 0 Å². The first-order valence-electron chi connectivity index (χ1n) is 8.86. The Morgan fingerprint density at radius 3 is 2.58 bits per heavy atom. The number of nitrogens with one attached hydrogen (secondary N) is 2. The minimum Gasteiger partial charge on any atom is -0.497 e. The Labute approximate surface area is 155 Å². The molecule has 2 atom stereocenters. The average Bonchev–Trinajstić information content (AvgIpc) is 2.62. The Balaban J connectivity index is 1.89. The molecule has 1 amide bonds. The highest BCUT2D eigenvalue weighted by molar-refractivity contribution is 7.89. The lowest BCUT2D eigenvalue weighted by Crippen LogP contribution is -2.43. The Morgan fingerprint density at radius 1 is 1.19 bits per heavy atom. The zero-order valence-corrected chi connectivity index (χ0v) is 16.4. The van der Waals surface area contributed by atoms with E-state index in [4.69, 9.17) is 9.47 Å². The Morgan fingerprint density at radius 2 is 1.92 bits per heavy atom. The fourth-order valence-electron chi connectivity index (χ4n) is 3.16. The van der Waals surface area contributed by atoms with Crippen molar-refractivity contribution in [3.05, 3.63) is 23.8 Å². The molecule has 0 unspecified atom stereocenters. The molecule has 1 aromatic rings. The van der Waals surface area contributed by atoms with E-state index < -0.39 is 10.0 Å². The maximum atomic E-state index is 12.3. The Hall–Kier alpha value is -1.80. The van der Waals surface area contributed by atoms with Gasteiger partial charge in [0.2, 0.25) is 10.0 Å². The first kappa shape index (κ1) is 20.5. The van der Waals surface area contributed by atoms with Crippen molar-refractivity contribution in [2.45, 2.75) is 38.6 Å². The summed E-state index contributed by atoms with van der Waals surface area (Å²) in [5.41, 5.74) is 0.333. The molecule has 0 heterocycles. The number of benzene rings is 1. The lowest BCUT2D eigenvalue weighted by atomic mass is 9.87. The summed E-state index contributed by atoms with van der Waals surface area (Å²) in [6, 6.07) is 4.84. The van der Waals surface area contributed by atoms with Crippen LogP contribution in [0, 0.1) is 5.92 Å². The van der Waals surface area contributed by atoms with Gasteiger partial charge in [-0.25, -0.2) is 13.1 Å². The molecule has 146 valence electrons. The van der Waals surface area contributed by atoms with Crippen molar-refractivity contribution >= 4 is 15.9 Å². The fraction of sp³-hybridized carbons (Fsp3) is 0.611. The molecule has 1 fully saturated rings. The molecular formula is C18H28N2O5S. The number of carbonyl (C=O) groups is 1. The molecule has 0 spiro atoms. The zero-order valence-electron chi connectivity index (χ0n) is 15.6. The first-order chi connectivity index (χ1) is 12.4. The van der Waals surface area contributed by atoms with Crippen molar-refractivity contribution < 1.29 is 22.7 Å². The molecule has 8 heteroatoms. The minimum atomic E-state index is -3.43. The summed E-state index contributed by atoms with van der Waals surface area (Å²) in [4.78, 5) is 12.3. The second kappa shape index (κ2) is 9.23. The third-order valence-corrected chi connectivity index (χ3v) is 6.16. The topological polar surface area (TPSA) is 93.7 Å². The van der Waals surface area contributed by atoms with Crippen LogP contribution in [0.2, 0.25) is 0 Å². The predicted molar refractivity (Wildman–Crippen MR) is 100 cm³/mol. The van der Waals surface area contributed by atoms with E-state index in [1.807, 2.05) is 0 Å². The van der Waals surface area contributed by atoms with Crippen LogP contribution in [0.4, 0.5) is 0 Å². The molecule has 7 nitrogen and oxygen atoms in total. The minimum absolute atomic E-state index is 0.00821. The lowest BCUT2D eigenvalue weighted by molar-refractivity contribution is 0.0953. The van der Waals surface area contributed by atoms with Crippen molar-refractivity contribution in [3.63, 3.8) is 0 Å². The molecule has 0 aliphatic heterocycles. The second-order valence-corrected chi connectivity index (χ2v) is 8.50. The van der Waals surface area contributed by atoms with Crippen LogP contribution in [0.1, 0.15) is 43.0 Å². The predicted octanol–water partition coefficient (Wildman–Crippen LogP) is 1.93. The standard InChI is InChI=1S/C18H28N2O5S/c1-13-6-4-5-7-16(13)20-26(22,23)11-10-19-18(21)15-9-8-14(24-2)12-17(15)25-3/h8-9,12-13,16,20H,4-7,10-11H2,1-3H3,(H,19,21)/t13-,16+/m0/s1. The molecule has 26 heavy (non-hydrogen) atoms. The van der Waals surface area contributed by atoms with Crippen molar-refractivity contribution in [3.8, 4) is 11.5 Å². The summed E-state index contributed by atoms with van der Waals surface area (Å²) < 4.78 is 37.6. The van der Waals surface area contributed by atoms with Gasteiger partial charge in [0.15, 0.2) is 0 Å². The highest BCUT2D eigenvalue weighted by atomic mass is 32.2. The van der Waals surface area contributed by atoms with Crippen LogP contribution in [0.15, 0.2) is 18.2 Å². The van der Waals surface area contributed by atoms with E-state index in [2.05, 4.69) is 17.0 Å². The van der Waals surface area contributed by atoms with Crippen LogP contribution >= 0.6 is 0 Å². The van der Waals surface area contributed by atoms with Crippen LogP contribution < -0.4 is 19.5 Å². The number of ether oxygens (including phenoxy) is 2. The maximum absolute atomic E-state index is 12.3. The van der Waals surface area contributed by atoms with Crippen LogP contribution in [-0.2, 0) is 10.0 Å². The molecule has 1 saturated carbocycles. The van der Waals surface area contributed by atoms with Gasteiger partial charge in [0, 0.05) is 18.7 Å². The van der Waals surface area contributed by atoms with E-state index in [9.17, 15) is 13.2 Å². The number of methoxy groups -OCH3 is 2. The number of hydrogen-bond acceptors (Lipinski definition) is 5. The molecule has 0 radical (unpaired) electrons. The summed E-state index contributed by atoms with van der Waals surface area (Å²) in [6.45, 7) is 2.11. The maximum Gasteiger partial charge on any atom is 0.255 e. The van der Waals surface area contributed by atoms with E-state index in [-0.39, 0.29) is 24.2 Å². The lowest BCUT2D eigenvalue weighted by Gasteiger charge is -2.29. The van der Waals surface area contributed by atoms with Crippen LogP contribution in [-0.4, -0.2) is 46.9 Å². The Kier molecular flexibility index (Phi) is 7.28. The number of rotatable bonds is 8. The van der Waals surface area contributed by atoms with E-state index in [0.29, 0.717) is 23.0 Å². The highest BCUT2D eigenvalue weighted by Crippen LogP contribution is 2.25.